The molecule has 3 aromatic rings. The molecular weight excluding hydrogens is 376 g/mol. The predicted molar refractivity (Wildman–Crippen MR) is 112 cm³/mol. The number of aromatic nitrogens is 2. The monoisotopic (exact) mass is 398 g/mol. The topological polar surface area (TPSA) is 58.1 Å². The lowest BCUT2D eigenvalue weighted by molar-refractivity contribution is 0.0954. The van der Waals surface area contributed by atoms with E-state index in [0.717, 1.165) is 34.4 Å². The van der Waals surface area contributed by atoms with Gasteiger partial charge in [0.15, 0.2) is 0 Å². The third-order valence-corrected chi connectivity index (χ3v) is 6.69. The number of nitrogens with zero attached hydrogens (tertiary/aromatic N) is 3. The average Bonchev–Trinajstić information content (AvgIpc) is 3.33. The summed E-state index contributed by atoms with van der Waals surface area (Å²) < 4.78 is 0. The zero-order valence-corrected chi connectivity index (χ0v) is 16.7. The van der Waals surface area contributed by atoms with E-state index in [2.05, 4.69) is 32.3 Å². The fraction of sp³-hybridized carbons (Fsp3) is 0.350. The first-order valence-electron chi connectivity index (χ1n) is 9.27. The Kier molecular flexibility index (Phi) is 5.79. The van der Waals surface area contributed by atoms with E-state index in [9.17, 15) is 4.79 Å². The minimum Gasteiger partial charge on any atom is -0.357 e. The molecule has 0 saturated carbocycles. The maximum absolute atomic E-state index is 12.4. The molecule has 1 saturated heterocycles. The summed E-state index contributed by atoms with van der Waals surface area (Å²) >= 11 is 3.05. The van der Waals surface area contributed by atoms with Crippen LogP contribution in [0.25, 0.3) is 9.88 Å². The van der Waals surface area contributed by atoms with Crippen LogP contribution in [0.5, 0.6) is 0 Å². The number of thiophene rings is 1. The zero-order chi connectivity index (χ0) is 18.5. The Balaban J connectivity index is 1.33. The van der Waals surface area contributed by atoms with Crippen molar-refractivity contribution in [2.45, 2.75) is 32.2 Å². The number of carbonyl (C=O) groups excluding carboxylic acids is 1. The van der Waals surface area contributed by atoms with Crippen molar-refractivity contribution in [2.75, 3.05) is 18.0 Å². The number of anilines is 1. The van der Waals surface area contributed by atoms with Crippen LogP contribution in [0.1, 0.15) is 40.9 Å². The van der Waals surface area contributed by atoms with Gasteiger partial charge in [-0.3, -0.25) is 4.79 Å². The van der Waals surface area contributed by atoms with Crippen LogP contribution in [0.4, 0.5) is 5.82 Å². The van der Waals surface area contributed by atoms with Gasteiger partial charge in [-0.2, -0.15) is 0 Å². The molecule has 0 bridgehead atoms. The lowest BCUT2D eigenvalue weighted by atomic mass is 10.2. The normalized spacial score (nSPS) is 14.7. The third kappa shape index (κ3) is 4.54. The fourth-order valence-electron chi connectivity index (χ4n) is 3.17. The van der Waals surface area contributed by atoms with Crippen LogP contribution in [-0.2, 0) is 6.54 Å². The van der Waals surface area contributed by atoms with Gasteiger partial charge in [-0.05, 0) is 35.9 Å². The van der Waals surface area contributed by atoms with Crippen LogP contribution in [-0.4, -0.2) is 29.0 Å². The Morgan fingerprint density at radius 2 is 1.93 bits per heavy atom. The van der Waals surface area contributed by atoms with Gasteiger partial charge in [0.25, 0.3) is 5.91 Å². The standard InChI is InChI=1S/C20H22N4OS2/c25-19(17-14-23-20(27-17)16-6-5-11-26-16)22-13-15-7-8-18(21-12-15)24-9-3-1-2-4-10-24/h5-8,11-12,14H,1-4,9-10,13H2,(H,22,25). The van der Waals surface area contributed by atoms with E-state index in [-0.39, 0.29) is 5.91 Å². The van der Waals surface area contributed by atoms with Crippen LogP contribution in [0, 0.1) is 0 Å². The summed E-state index contributed by atoms with van der Waals surface area (Å²) in [5.41, 5.74) is 1.00. The molecule has 4 heterocycles. The number of pyridine rings is 1. The molecule has 4 rings (SSSR count). The van der Waals surface area contributed by atoms with Crippen LogP contribution >= 0.6 is 22.7 Å². The molecule has 1 amide bonds. The van der Waals surface area contributed by atoms with Crippen LogP contribution < -0.4 is 10.2 Å². The van der Waals surface area contributed by atoms with Crippen molar-refractivity contribution < 1.29 is 4.79 Å². The van der Waals surface area contributed by atoms with Crippen molar-refractivity contribution in [2.24, 2.45) is 0 Å². The van der Waals surface area contributed by atoms with Gasteiger partial charge in [0.1, 0.15) is 15.7 Å². The smallest absolute Gasteiger partial charge is 0.263 e. The van der Waals surface area contributed by atoms with E-state index in [1.807, 2.05) is 23.7 Å². The van der Waals surface area contributed by atoms with E-state index < -0.39 is 0 Å². The van der Waals surface area contributed by atoms with Gasteiger partial charge in [0, 0.05) is 25.8 Å². The molecule has 1 aliphatic heterocycles. The number of hydrogen-bond donors (Lipinski definition) is 1. The van der Waals surface area contributed by atoms with E-state index >= 15 is 0 Å². The van der Waals surface area contributed by atoms with Crippen molar-refractivity contribution in [1.29, 1.82) is 0 Å². The van der Waals surface area contributed by atoms with Crippen molar-refractivity contribution in [3.05, 3.63) is 52.5 Å². The van der Waals surface area contributed by atoms with Crippen LogP contribution in [0.3, 0.4) is 0 Å². The summed E-state index contributed by atoms with van der Waals surface area (Å²) in [5.74, 6) is 0.946. The number of rotatable bonds is 5. The average molecular weight is 399 g/mol. The highest BCUT2D eigenvalue weighted by molar-refractivity contribution is 7.21. The van der Waals surface area contributed by atoms with Gasteiger partial charge in [-0.25, -0.2) is 9.97 Å². The fourth-order valence-corrected chi connectivity index (χ4v) is 4.81. The van der Waals surface area contributed by atoms with Gasteiger partial charge in [0.2, 0.25) is 0 Å². The SMILES string of the molecule is O=C(NCc1ccc(N2CCCCCC2)nc1)c1cnc(-c2cccs2)s1. The van der Waals surface area contributed by atoms with Gasteiger partial charge in [-0.15, -0.1) is 22.7 Å². The lowest BCUT2D eigenvalue weighted by Gasteiger charge is -2.21. The molecule has 1 N–H and O–H groups in total. The number of hydrogen-bond acceptors (Lipinski definition) is 6. The van der Waals surface area contributed by atoms with E-state index in [4.69, 9.17) is 0 Å². The summed E-state index contributed by atoms with van der Waals surface area (Å²) in [6, 6.07) is 8.12. The summed E-state index contributed by atoms with van der Waals surface area (Å²) in [5, 5.41) is 5.86. The predicted octanol–water partition coefficient (Wildman–Crippen LogP) is 4.58. The van der Waals surface area contributed by atoms with E-state index in [1.165, 1.54) is 37.0 Å². The molecule has 27 heavy (non-hydrogen) atoms. The van der Waals surface area contributed by atoms with Crippen molar-refractivity contribution in [1.82, 2.24) is 15.3 Å². The Bertz CT molecular complexity index is 866. The first kappa shape index (κ1) is 18.1. The Morgan fingerprint density at radius 3 is 2.63 bits per heavy atom. The summed E-state index contributed by atoms with van der Waals surface area (Å²) in [6.45, 7) is 2.64. The Labute approximate surface area is 167 Å². The number of nitrogens with one attached hydrogen (secondary N) is 1. The summed E-state index contributed by atoms with van der Waals surface area (Å²) in [4.78, 5) is 25.4. The van der Waals surface area contributed by atoms with Crippen molar-refractivity contribution in [3.8, 4) is 9.88 Å². The first-order chi connectivity index (χ1) is 13.3. The van der Waals surface area contributed by atoms with Crippen molar-refractivity contribution >= 4 is 34.4 Å². The highest BCUT2D eigenvalue weighted by Crippen LogP contribution is 2.28. The minimum absolute atomic E-state index is 0.0908. The molecule has 0 atom stereocenters. The number of amides is 1. The summed E-state index contributed by atoms with van der Waals surface area (Å²) in [6.07, 6.45) is 8.61. The molecule has 0 spiro atoms. The second-order valence-corrected chi connectivity index (χ2v) is 8.59. The Morgan fingerprint density at radius 1 is 1.07 bits per heavy atom. The van der Waals surface area contributed by atoms with Gasteiger partial charge in [0.05, 0.1) is 11.1 Å². The molecule has 0 aliphatic carbocycles. The van der Waals surface area contributed by atoms with Gasteiger partial charge >= 0.3 is 0 Å². The first-order valence-corrected chi connectivity index (χ1v) is 11.0. The molecule has 1 aliphatic rings. The lowest BCUT2D eigenvalue weighted by Crippen LogP contribution is -2.25. The Hall–Kier alpha value is -2.25. The molecule has 0 aromatic carbocycles. The molecule has 0 radical (unpaired) electrons. The van der Waals surface area contributed by atoms with E-state index in [1.54, 1.807) is 17.5 Å². The van der Waals surface area contributed by atoms with Crippen LogP contribution in [0.15, 0.2) is 42.0 Å². The summed E-state index contributed by atoms with van der Waals surface area (Å²) in [7, 11) is 0. The second kappa shape index (κ2) is 8.63. The van der Waals surface area contributed by atoms with Crippen LogP contribution in [0.2, 0.25) is 0 Å². The molecular formula is C20H22N4OS2. The molecule has 5 nitrogen and oxygen atoms in total. The molecule has 3 aromatic heterocycles. The quantitative estimate of drug-likeness (QED) is 0.684. The van der Waals surface area contributed by atoms with Gasteiger partial charge in [-0.1, -0.05) is 25.0 Å². The number of carbonyl (C=O) groups is 1. The molecule has 7 heteroatoms. The third-order valence-electron chi connectivity index (χ3n) is 4.65. The minimum atomic E-state index is -0.0908. The number of thiazole rings is 1. The van der Waals surface area contributed by atoms with Gasteiger partial charge < -0.3 is 10.2 Å². The maximum atomic E-state index is 12.4. The van der Waals surface area contributed by atoms with E-state index in [0.29, 0.717) is 11.4 Å². The molecule has 140 valence electrons. The molecule has 1 fully saturated rings. The maximum Gasteiger partial charge on any atom is 0.263 e. The second-order valence-electron chi connectivity index (χ2n) is 6.62. The molecule has 0 unspecified atom stereocenters. The van der Waals surface area contributed by atoms with Crippen molar-refractivity contribution in [3.63, 3.8) is 0 Å². The zero-order valence-electron chi connectivity index (χ0n) is 15.1. The highest BCUT2D eigenvalue weighted by atomic mass is 32.1. The largest absolute Gasteiger partial charge is 0.357 e. The highest BCUT2D eigenvalue weighted by Gasteiger charge is 2.13.